The molecule has 0 unspecified atom stereocenters. The van der Waals surface area contributed by atoms with Gasteiger partial charge in [0.25, 0.3) is 0 Å². The number of nitriles is 1. The number of ether oxygens (including phenoxy) is 1. The van der Waals surface area contributed by atoms with Crippen molar-refractivity contribution >= 4 is 34.8 Å². The lowest BCUT2D eigenvalue weighted by Crippen LogP contribution is -2.36. The number of rotatable bonds is 6. The van der Waals surface area contributed by atoms with Crippen LogP contribution in [0.15, 0.2) is 42.6 Å². The van der Waals surface area contributed by atoms with Gasteiger partial charge in [-0.3, -0.25) is 5.10 Å². The zero-order valence-corrected chi connectivity index (χ0v) is 20.8. The van der Waals surface area contributed by atoms with E-state index < -0.39 is 24.3 Å². The highest BCUT2D eigenvalue weighted by atomic mass is 35.5. The molecule has 0 aliphatic heterocycles. The van der Waals surface area contributed by atoms with E-state index in [1.165, 1.54) is 0 Å². The predicted octanol–water partition coefficient (Wildman–Crippen LogP) is 5.11. The number of alkyl carbamates (subject to hydrolysis) is 1. The summed E-state index contributed by atoms with van der Waals surface area (Å²) in [5.41, 5.74) is 3.01. The van der Waals surface area contributed by atoms with Gasteiger partial charge in [-0.15, -0.1) is 0 Å². The van der Waals surface area contributed by atoms with Crippen molar-refractivity contribution in [3.05, 3.63) is 59.0 Å². The molecule has 10 nitrogen and oxygen atoms in total. The van der Waals surface area contributed by atoms with Crippen molar-refractivity contribution in [2.45, 2.75) is 50.9 Å². The molecule has 5 rings (SSSR count). The standard InChI is InChI=1S/C25H24ClFN8O2/c1-13(2)29-25(36)37-20-7-6-16(23(20)27)17-9-22(33-32-17)31-24-19-10-21(26)34-35(19)12-18(30-24)15-5-3-4-14(8-15)11-28/h3-5,8-10,12-13,16,20,23H,6-7H2,1-2H3,(H,29,36)(H2,30,31,32,33)/t16-,20-,23-/m0/s1. The average molecular weight is 523 g/mol. The third-order valence-corrected chi connectivity index (χ3v) is 6.31. The first-order chi connectivity index (χ1) is 17.8. The molecule has 1 aliphatic carbocycles. The van der Waals surface area contributed by atoms with Crippen molar-refractivity contribution in [1.29, 1.82) is 5.26 Å². The molecule has 0 radical (unpaired) electrons. The molecular weight excluding hydrogens is 499 g/mol. The number of carbonyl (C=O) groups is 1. The van der Waals surface area contributed by atoms with Crippen LogP contribution in [0.25, 0.3) is 16.8 Å². The van der Waals surface area contributed by atoms with Crippen LogP contribution >= 0.6 is 11.6 Å². The molecule has 3 aromatic heterocycles. The highest BCUT2D eigenvalue weighted by Gasteiger charge is 2.41. The Balaban J connectivity index is 1.38. The van der Waals surface area contributed by atoms with Crippen LogP contribution in [0.4, 0.5) is 20.8 Å². The van der Waals surface area contributed by atoms with E-state index in [9.17, 15) is 10.1 Å². The predicted molar refractivity (Wildman–Crippen MR) is 135 cm³/mol. The Morgan fingerprint density at radius 3 is 2.95 bits per heavy atom. The van der Waals surface area contributed by atoms with Gasteiger partial charge in [-0.25, -0.2) is 18.7 Å². The van der Waals surface area contributed by atoms with Gasteiger partial charge in [-0.05, 0) is 38.8 Å². The minimum Gasteiger partial charge on any atom is -0.443 e. The number of amides is 1. The fraction of sp³-hybridized carbons (Fsp3) is 0.320. The number of carbonyl (C=O) groups excluding carboxylic acids is 1. The summed E-state index contributed by atoms with van der Waals surface area (Å²) in [7, 11) is 0. The Hall–Kier alpha value is -4.17. The van der Waals surface area contributed by atoms with E-state index in [1.54, 1.807) is 41.0 Å². The first-order valence-corrected chi connectivity index (χ1v) is 12.2. The smallest absolute Gasteiger partial charge is 0.407 e. The topological polar surface area (TPSA) is 133 Å². The van der Waals surface area contributed by atoms with E-state index >= 15 is 4.39 Å². The van der Waals surface area contributed by atoms with Crippen LogP contribution in [0, 0.1) is 11.3 Å². The quantitative estimate of drug-likeness (QED) is 0.320. The van der Waals surface area contributed by atoms with Crippen LogP contribution in [0.3, 0.4) is 0 Å². The Morgan fingerprint density at radius 2 is 2.16 bits per heavy atom. The maximum absolute atomic E-state index is 15.2. The third kappa shape index (κ3) is 5.20. The lowest BCUT2D eigenvalue weighted by atomic mass is 10.0. The van der Waals surface area contributed by atoms with Gasteiger partial charge in [0.15, 0.2) is 16.8 Å². The summed E-state index contributed by atoms with van der Waals surface area (Å²) in [6.45, 7) is 3.62. The zero-order chi connectivity index (χ0) is 26.1. The van der Waals surface area contributed by atoms with E-state index in [-0.39, 0.29) is 11.2 Å². The second kappa shape index (κ2) is 10.1. The summed E-state index contributed by atoms with van der Waals surface area (Å²) in [5, 5.41) is 26.8. The van der Waals surface area contributed by atoms with Crippen molar-refractivity contribution in [3.8, 4) is 17.3 Å². The Morgan fingerprint density at radius 1 is 1.32 bits per heavy atom. The molecular formula is C25H24ClFN8O2. The van der Waals surface area contributed by atoms with Crippen molar-refractivity contribution in [3.63, 3.8) is 0 Å². The fourth-order valence-electron chi connectivity index (χ4n) is 4.43. The molecule has 0 bridgehead atoms. The molecule has 1 aromatic carbocycles. The summed E-state index contributed by atoms with van der Waals surface area (Å²) in [6, 6.07) is 12.5. The van der Waals surface area contributed by atoms with Crippen LogP contribution in [0.2, 0.25) is 5.15 Å². The normalized spacial score (nSPS) is 19.2. The van der Waals surface area contributed by atoms with Crippen LogP contribution in [0.5, 0.6) is 0 Å². The molecule has 3 atom stereocenters. The van der Waals surface area contributed by atoms with E-state index in [4.69, 9.17) is 21.3 Å². The number of benzene rings is 1. The number of hydrogen-bond donors (Lipinski definition) is 3. The zero-order valence-electron chi connectivity index (χ0n) is 20.1. The average Bonchev–Trinajstić information content (AvgIpc) is 3.57. The van der Waals surface area contributed by atoms with Gasteiger partial charge >= 0.3 is 6.09 Å². The van der Waals surface area contributed by atoms with Crippen molar-refractivity contribution in [1.82, 2.24) is 30.1 Å². The first-order valence-electron chi connectivity index (χ1n) is 11.8. The molecule has 0 saturated heterocycles. The number of nitrogens with zero attached hydrogens (tertiary/aromatic N) is 5. The molecule has 12 heteroatoms. The minimum atomic E-state index is -1.36. The SMILES string of the molecule is CC(C)NC(=O)O[C@H]1CC[C@@H](c2cc(Nc3nc(-c4cccc(C#N)c4)cn4nc(Cl)cc34)n[nH]2)[C@@H]1F. The van der Waals surface area contributed by atoms with Crippen LogP contribution in [0.1, 0.15) is 43.9 Å². The maximum atomic E-state index is 15.2. The van der Waals surface area contributed by atoms with E-state index in [2.05, 4.69) is 32.0 Å². The van der Waals surface area contributed by atoms with Crippen molar-refractivity contribution in [2.75, 3.05) is 5.32 Å². The Labute approximate surface area is 216 Å². The number of H-pyrrole nitrogens is 1. The number of aromatic nitrogens is 5. The number of hydrogen-bond acceptors (Lipinski definition) is 7. The largest absolute Gasteiger partial charge is 0.443 e. The summed E-state index contributed by atoms with van der Waals surface area (Å²) in [5.74, 6) is 0.378. The van der Waals surface area contributed by atoms with Crippen molar-refractivity contribution in [2.24, 2.45) is 0 Å². The second-order valence-corrected chi connectivity index (χ2v) is 9.56. The summed E-state index contributed by atoms with van der Waals surface area (Å²) < 4.78 is 22.0. The van der Waals surface area contributed by atoms with Gasteiger partial charge in [-0.1, -0.05) is 23.7 Å². The van der Waals surface area contributed by atoms with E-state index in [0.717, 1.165) is 5.56 Å². The molecule has 3 heterocycles. The maximum Gasteiger partial charge on any atom is 0.407 e. The van der Waals surface area contributed by atoms with Crippen molar-refractivity contribution < 1.29 is 13.9 Å². The number of anilines is 2. The lowest BCUT2D eigenvalue weighted by Gasteiger charge is -2.18. The third-order valence-electron chi connectivity index (χ3n) is 6.12. The molecule has 3 N–H and O–H groups in total. The summed E-state index contributed by atoms with van der Waals surface area (Å²) in [4.78, 5) is 16.6. The van der Waals surface area contributed by atoms with Gasteiger partial charge in [0.1, 0.15) is 17.8 Å². The van der Waals surface area contributed by atoms with E-state index in [0.29, 0.717) is 46.9 Å². The van der Waals surface area contributed by atoms with Gasteiger partial charge in [0, 0.05) is 35.3 Å². The number of fused-ring (bicyclic) bond motifs is 1. The van der Waals surface area contributed by atoms with Crippen LogP contribution in [-0.4, -0.2) is 49.2 Å². The fourth-order valence-corrected chi connectivity index (χ4v) is 4.62. The summed E-state index contributed by atoms with van der Waals surface area (Å²) >= 11 is 6.15. The van der Waals surface area contributed by atoms with Crippen LogP contribution < -0.4 is 10.6 Å². The van der Waals surface area contributed by atoms with Gasteiger partial charge in [0.05, 0.1) is 23.5 Å². The molecule has 190 valence electrons. The number of aromatic amines is 1. The van der Waals surface area contributed by atoms with Gasteiger partial charge in [0.2, 0.25) is 0 Å². The second-order valence-electron chi connectivity index (χ2n) is 9.17. The van der Waals surface area contributed by atoms with Gasteiger partial charge < -0.3 is 15.4 Å². The highest BCUT2D eigenvalue weighted by molar-refractivity contribution is 6.29. The first kappa shape index (κ1) is 24.5. The molecule has 4 aromatic rings. The molecule has 1 aliphatic rings. The number of alkyl halides is 1. The monoisotopic (exact) mass is 522 g/mol. The molecule has 0 spiro atoms. The van der Waals surface area contributed by atoms with Crippen LogP contribution in [-0.2, 0) is 4.74 Å². The highest BCUT2D eigenvalue weighted by Crippen LogP contribution is 2.39. The minimum absolute atomic E-state index is 0.0939. The summed E-state index contributed by atoms with van der Waals surface area (Å²) in [6.07, 6.45) is -0.154. The molecule has 1 saturated carbocycles. The Kier molecular flexibility index (Phi) is 6.67. The molecule has 37 heavy (non-hydrogen) atoms. The number of halogens is 2. The molecule has 1 amide bonds. The van der Waals surface area contributed by atoms with E-state index in [1.807, 2.05) is 19.9 Å². The number of nitrogens with one attached hydrogen (secondary N) is 3. The molecule has 1 fully saturated rings. The Bertz CT molecular complexity index is 1490. The van der Waals surface area contributed by atoms with Gasteiger partial charge in [-0.2, -0.15) is 15.5 Å². The lowest BCUT2D eigenvalue weighted by molar-refractivity contribution is 0.0555.